The van der Waals surface area contributed by atoms with Crippen molar-refractivity contribution >= 4 is 9.84 Å². The molecule has 0 N–H and O–H groups in total. The smallest absolute Gasteiger partial charge is 0.148 e. The van der Waals surface area contributed by atoms with Gasteiger partial charge in [0.25, 0.3) is 0 Å². The molecule has 0 unspecified atom stereocenters. The fraction of sp³-hybridized carbons (Fsp3) is 0.875. The van der Waals surface area contributed by atoms with E-state index in [1.165, 1.54) is 6.26 Å². The van der Waals surface area contributed by atoms with E-state index in [0.29, 0.717) is 13.1 Å². The van der Waals surface area contributed by atoms with E-state index in [9.17, 15) is 8.42 Å². The molecule has 13 heavy (non-hydrogen) atoms. The fourth-order valence-electron chi connectivity index (χ4n) is 0.981. The molecule has 76 valence electrons. The van der Waals surface area contributed by atoms with Crippen LogP contribution in [0.4, 0.5) is 0 Å². The number of nitrogens with zero attached hydrogens (tertiary/aromatic N) is 2. The number of sulfone groups is 1. The van der Waals surface area contributed by atoms with Crippen LogP contribution in [0.5, 0.6) is 0 Å². The molecule has 0 amide bonds. The molecule has 0 aliphatic rings. The first kappa shape index (κ1) is 12.4. The first-order chi connectivity index (χ1) is 5.99. The topological polar surface area (TPSA) is 61.2 Å². The first-order valence-corrected chi connectivity index (χ1v) is 6.32. The molecule has 0 fully saturated rings. The van der Waals surface area contributed by atoms with Gasteiger partial charge in [0, 0.05) is 12.8 Å². The number of rotatable bonds is 6. The zero-order valence-electron chi connectivity index (χ0n) is 8.15. The minimum atomic E-state index is -2.91. The Morgan fingerprint density at radius 3 is 2.38 bits per heavy atom. The highest BCUT2D eigenvalue weighted by Crippen LogP contribution is 1.92. The molecular weight excluding hydrogens is 188 g/mol. The average molecular weight is 204 g/mol. The van der Waals surface area contributed by atoms with E-state index in [0.717, 1.165) is 13.0 Å². The molecule has 0 radical (unpaired) electrons. The molecule has 0 aliphatic heterocycles. The Morgan fingerprint density at radius 1 is 1.38 bits per heavy atom. The third-order valence-electron chi connectivity index (χ3n) is 1.61. The van der Waals surface area contributed by atoms with Gasteiger partial charge < -0.3 is 0 Å². The third-order valence-corrected chi connectivity index (χ3v) is 2.54. The second-order valence-electron chi connectivity index (χ2n) is 3.06. The van der Waals surface area contributed by atoms with Gasteiger partial charge in [0.05, 0.1) is 18.4 Å². The molecule has 0 aromatic heterocycles. The van der Waals surface area contributed by atoms with Gasteiger partial charge in [-0.1, -0.05) is 6.92 Å². The summed E-state index contributed by atoms with van der Waals surface area (Å²) in [6, 6.07) is 2.02. The lowest BCUT2D eigenvalue weighted by Crippen LogP contribution is -2.30. The molecule has 0 atom stereocenters. The molecule has 0 saturated carbocycles. The SMILES string of the molecule is CCCN(CC#N)CCS(C)(=O)=O. The zero-order chi connectivity index (χ0) is 10.3. The average Bonchev–Trinajstić information content (AvgIpc) is 2.00. The summed E-state index contributed by atoms with van der Waals surface area (Å²) in [4.78, 5) is 1.85. The van der Waals surface area contributed by atoms with Crippen LogP contribution in [0.3, 0.4) is 0 Å². The zero-order valence-corrected chi connectivity index (χ0v) is 8.97. The van der Waals surface area contributed by atoms with Crippen LogP contribution in [-0.2, 0) is 9.84 Å². The number of hydrogen-bond acceptors (Lipinski definition) is 4. The Kier molecular flexibility index (Phi) is 5.67. The van der Waals surface area contributed by atoms with Crippen LogP contribution in [0.2, 0.25) is 0 Å². The van der Waals surface area contributed by atoms with Crippen molar-refractivity contribution in [3.8, 4) is 6.07 Å². The van der Waals surface area contributed by atoms with Crippen molar-refractivity contribution in [3.05, 3.63) is 0 Å². The summed E-state index contributed by atoms with van der Waals surface area (Å²) < 4.78 is 21.7. The summed E-state index contributed by atoms with van der Waals surface area (Å²) in [7, 11) is -2.91. The molecule has 0 heterocycles. The van der Waals surface area contributed by atoms with Gasteiger partial charge in [-0.2, -0.15) is 5.26 Å². The lowest BCUT2D eigenvalue weighted by molar-refractivity contribution is 0.324. The van der Waals surface area contributed by atoms with Crippen LogP contribution in [0.1, 0.15) is 13.3 Å². The Balaban J connectivity index is 3.90. The van der Waals surface area contributed by atoms with Crippen molar-refractivity contribution in [3.63, 3.8) is 0 Å². The molecule has 0 saturated heterocycles. The fourth-order valence-corrected chi connectivity index (χ4v) is 1.57. The van der Waals surface area contributed by atoms with Crippen LogP contribution in [0.15, 0.2) is 0 Å². The molecule has 0 bridgehead atoms. The van der Waals surface area contributed by atoms with Crippen molar-refractivity contribution < 1.29 is 8.42 Å². The van der Waals surface area contributed by atoms with Crippen LogP contribution < -0.4 is 0 Å². The largest absolute Gasteiger partial charge is 0.290 e. The molecule has 0 aromatic rings. The van der Waals surface area contributed by atoms with Crippen molar-refractivity contribution in [2.45, 2.75) is 13.3 Å². The predicted octanol–water partition coefficient (Wildman–Crippen LogP) is 0.267. The van der Waals surface area contributed by atoms with Crippen molar-refractivity contribution in [2.75, 3.05) is 31.6 Å². The van der Waals surface area contributed by atoms with Crippen molar-refractivity contribution in [1.82, 2.24) is 4.90 Å². The molecule has 5 heteroatoms. The molecule has 0 aromatic carbocycles. The summed E-state index contributed by atoms with van der Waals surface area (Å²) >= 11 is 0. The highest BCUT2D eigenvalue weighted by Gasteiger charge is 2.07. The third kappa shape index (κ3) is 7.75. The van der Waals surface area contributed by atoms with Gasteiger partial charge >= 0.3 is 0 Å². The second kappa shape index (κ2) is 5.95. The summed E-state index contributed by atoms with van der Waals surface area (Å²) in [6.45, 7) is 3.55. The minimum Gasteiger partial charge on any atom is -0.290 e. The van der Waals surface area contributed by atoms with Gasteiger partial charge in [-0.05, 0) is 13.0 Å². The summed E-state index contributed by atoms with van der Waals surface area (Å²) in [5.74, 6) is 0.134. The first-order valence-electron chi connectivity index (χ1n) is 4.26. The van der Waals surface area contributed by atoms with Gasteiger partial charge in [0.2, 0.25) is 0 Å². The van der Waals surface area contributed by atoms with Gasteiger partial charge in [0.15, 0.2) is 0 Å². The summed E-state index contributed by atoms with van der Waals surface area (Å²) in [5, 5.41) is 8.45. The Morgan fingerprint density at radius 2 is 2.00 bits per heavy atom. The molecule has 0 rings (SSSR count). The Bertz CT molecular complexity index is 266. The Hall–Kier alpha value is -0.600. The minimum absolute atomic E-state index is 0.134. The predicted molar refractivity (Wildman–Crippen MR) is 52.1 cm³/mol. The van der Waals surface area contributed by atoms with Crippen LogP contribution in [-0.4, -0.2) is 45.0 Å². The maximum absolute atomic E-state index is 10.8. The molecule has 0 spiro atoms. The second-order valence-corrected chi connectivity index (χ2v) is 5.32. The summed E-state index contributed by atoms with van der Waals surface area (Å²) in [6.07, 6.45) is 2.15. The normalized spacial score (nSPS) is 11.5. The summed E-state index contributed by atoms with van der Waals surface area (Å²) in [5.41, 5.74) is 0. The van der Waals surface area contributed by atoms with E-state index < -0.39 is 9.84 Å². The van der Waals surface area contributed by atoms with E-state index in [4.69, 9.17) is 5.26 Å². The Labute approximate surface area is 80.1 Å². The molecular formula is C8H16N2O2S. The molecule has 0 aliphatic carbocycles. The van der Waals surface area contributed by atoms with E-state index in [-0.39, 0.29) is 5.75 Å². The monoisotopic (exact) mass is 204 g/mol. The quantitative estimate of drug-likeness (QED) is 0.582. The van der Waals surface area contributed by atoms with Crippen molar-refractivity contribution in [1.29, 1.82) is 5.26 Å². The molecule has 4 nitrogen and oxygen atoms in total. The van der Waals surface area contributed by atoms with Gasteiger partial charge in [-0.25, -0.2) is 8.42 Å². The van der Waals surface area contributed by atoms with Crippen LogP contribution >= 0.6 is 0 Å². The standard InChI is InChI=1S/C8H16N2O2S/c1-3-5-10(6-4-9)7-8-13(2,11)12/h3,5-8H2,1-2H3. The lowest BCUT2D eigenvalue weighted by atomic mass is 10.4. The van der Waals surface area contributed by atoms with Crippen LogP contribution in [0.25, 0.3) is 0 Å². The van der Waals surface area contributed by atoms with Gasteiger partial charge in [-0.3, -0.25) is 4.90 Å². The lowest BCUT2D eigenvalue weighted by Gasteiger charge is -2.16. The number of nitriles is 1. The van der Waals surface area contributed by atoms with Crippen LogP contribution in [0, 0.1) is 11.3 Å². The highest BCUT2D eigenvalue weighted by molar-refractivity contribution is 7.90. The maximum atomic E-state index is 10.8. The van der Waals surface area contributed by atoms with E-state index in [2.05, 4.69) is 0 Å². The maximum Gasteiger partial charge on any atom is 0.148 e. The van der Waals surface area contributed by atoms with E-state index >= 15 is 0 Å². The van der Waals surface area contributed by atoms with Gasteiger partial charge in [-0.15, -0.1) is 0 Å². The number of hydrogen-bond donors (Lipinski definition) is 0. The van der Waals surface area contributed by atoms with E-state index in [1.54, 1.807) is 0 Å². The van der Waals surface area contributed by atoms with E-state index in [1.807, 2.05) is 17.9 Å². The highest BCUT2D eigenvalue weighted by atomic mass is 32.2. The van der Waals surface area contributed by atoms with Gasteiger partial charge in [0.1, 0.15) is 9.84 Å². The van der Waals surface area contributed by atoms with Crippen molar-refractivity contribution in [2.24, 2.45) is 0 Å².